The van der Waals surface area contributed by atoms with Gasteiger partial charge in [0.15, 0.2) is 0 Å². The molecule has 7 nitrogen and oxygen atoms in total. The van der Waals surface area contributed by atoms with E-state index in [1.807, 2.05) is 30.3 Å². The van der Waals surface area contributed by atoms with Crippen LogP contribution in [0.2, 0.25) is 0 Å². The van der Waals surface area contributed by atoms with Gasteiger partial charge in [-0.05, 0) is 68.9 Å². The van der Waals surface area contributed by atoms with Gasteiger partial charge in [-0.15, -0.1) is 5.10 Å². The van der Waals surface area contributed by atoms with Crippen LogP contribution in [0.1, 0.15) is 39.2 Å². The SMILES string of the molecule is CC(C)(C)OC(=O)C(CCn1nnc2ccccc2c1=O)C(O)CCc1ccc(-c2ccccc2)cc1. The molecule has 3 aromatic carbocycles. The Kier molecular flexibility index (Phi) is 8.14. The Morgan fingerprint density at radius 1 is 0.919 bits per heavy atom. The topological polar surface area (TPSA) is 94.3 Å². The van der Waals surface area contributed by atoms with Crippen LogP contribution in [0.3, 0.4) is 0 Å². The maximum atomic E-state index is 13.0. The van der Waals surface area contributed by atoms with Crippen LogP contribution >= 0.6 is 0 Å². The fourth-order valence-electron chi connectivity index (χ4n) is 4.29. The van der Waals surface area contributed by atoms with Crippen molar-refractivity contribution in [3.63, 3.8) is 0 Å². The van der Waals surface area contributed by atoms with Gasteiger partial charge in [0.05, 0.1) is 17.4 Å². The number of fused-ring (bicyclic) bond motifs is 1. The fourth-order valence-corrected chi connectivity index (χ4v) is 4.29. The number of aliphatic hydroxyl groups excluding tert-OH is 1. The van der Waals surface area contributed by atoms with Gasteiger partial charge in [0.2, 0.25) is 0 Å². The first-order valence-corrected chi connectivity index (χ1v) is 12.6. The first kappa shape index (κ1) is 26.2. The number of rotatable bonds is 9. The highest BCUT2D eigenvalue weighted by Crippen LogP contribution is 2.23. The van der Waals surface area contributed by atoms with Crippen LogP contribution in [-0.4, -0.2) is 37.8 Å². The summed E-state index contributed by atoms with van der Waals surface area (Å²) < 4.78 is 6.85. The minimum absolute atomic E-state index is 0.142. The van der Waals surface area contributed by atoms with Gasteiger partial charge in [-0.3, -0.25) is 9.59 Å². The molecule has 7 heteroatoms. The smallest absolute Gasteiger partial charge is 0.312 e. The number of ether oxygens (including phenoxy) is 1. The zero-order valence-electron chi connectivity index (χ0n) is 21.5. The number of hydrogen-bond donors (Lipinski definition) is 1. The average molecular weight is 500 g/mol. The van der Waals surface area contributed by atoms with Crippen LogP contribution in [0.25, 0.3) is 22.0 Å². The van der Waals surface area contributed by atoms with E-state index in [0.29, 0.717) is 23.7 Å². The lowest BCUT2D eigenvalue weighted by atomic mass is 9.92. The number of aryl methyl sites for hydroxylation is 2. The molecule has 0 amide bonds. The second-order valence-corrected chi connectivity index (χ2v) is 10.2. The van der Waals surface area contributed by atoms with E-state index in [4.69, 9.17) is 4.74 Å². The van der Waals surface area contributed by atoms with Crippen molar-refractivity contribution in [2.75, 3.05) is 0 Å². The molecule has 0 saturated heterocycles. The van der Waals surface area contributed by atoms with Crippen molar-refractivity contribution in [2.24, 2.45) is 5.92 Å². The van der Waals surface area contributed by atoms with E-state index in [1.54, 1.807) is 45.0 Å². The summed E-state index contributed by atoms with van der Waals surface area (Å²) in [6, 6.07) is 25.3. The highest BCUT2D eigenvalue weighted by molar-refractivity contribution is 5.76. The predicted molar refractivity (Wildman–Crippen MR) is 144 cm³/mol. The normalized spacial score (nSPS) is 13.3. The molecule has 4 aromatic rings. The van der Waals surface area contributed by atoms with Gasteiger partial charge in [0, 0.05) is 6.54 Å². The molecule has 2 atom stereocenters. The molecule has 2 unspecified atom stereocenters. The Labute approximate surface area is 216 Å². The third kappa shape index (κ3) is 6.89. The number of benzene rings is 3. The molecule has 1 N–H and O–H groups in total. The molecule has 4 rings (SSSR count). The Morgan fingerprint density at radius 2 is 1.57 bits per heavy atom. The first-order valence-electron chi connectivity index (χ1n) is 12.6. The zero-order valence-corrected chi connectivity index (χ0v) is 21.5. The van der Waals surface area contributed by atoms with Crippen molar-refractivity contribution in [3.05, 3.63) is 94.8 Å². The van der Waals surface area contributed by atoms with Crippen LogP contribution in [-0.2, 0) is 22.5 Å². The fraction of sp³-hybridized carbons (Fsp3) is 0.333. The van der Waals surface area contributed by atoms with E-state index in [2.05, 4.69) is 34.6 Å². The molecular weight excluding hydrogens is 466 g/mol. The van der Waals surface area contributed by atoms with E-state index in [1.165, 1.54) is 4.68 Å². The Morgan fingerprint density at radius 3 is 2.27 bits per heavy atom. The van der Waals surface area contributed by atoms with Crippen LogP contribution in [0, 0.1) is 5.92 Å². The summed E-state index contributed by atoms with van der Waals surface area (Å²) in [7, 11) is 0. The standard InChI is InChI=1S/C30H33N3O4/c1-30(2,3)37-29(36)25(19-20-33-28(35)24-11-7-8-12-26(24)31-32-33)27(34)18-15-21-13-16-23(17-14-21)22-9-5-4-6-10-22/h4-14,16-17,25,27,34H,15,18-20H2,1-3H3. The molecule has 0 fully saturated rings. The van der Waals surface area contributed by atoms with Crippen molar-refractivity contribution in [1.82, 2.24) is 15.0 Å². The van der Waals surface area contributed by atoms with Gasteiger partial charge in [-0.1, -0.05) is 71.9 Å². The molecule has 0 saturated carbocycles. The lowest BCUT2D eigenvalue weighted by Crippen LogP contribution is -2.37. The molecule has 1 heterocycles. The summed E-state index contributed by atoms with van der Waals surface area (Å²) >= 11 is 0. The van der Waals surface area contributed by atoms with E-state index in [0.717, 1.165) is 16.7 Å². The lowest BCUT2D eigenvalue weighted by molar-refractivity contribution is -0.164. The highest BCUT2D eigenvalue weighted by Gasteiger charge is 2.31. The van der Waals surface area contributed by atoms with Gasteiger partial charge in [0.25, 0.3) is 5.56 Å². The van der Waals surface area contributed by atoms with E-state index >= 15 is 0 Å². The minimum atomic E-state index is -0.937. The maximum Gasteiger partial charge on any atom is 0.312 e. The molecule has 0 spiro atoms. The lowest BCUT2D eigenvalue weighted by Gasteiger charge is -2.27. The van der Waals surface area contributed by atoms with Gasteiger partial charge in [-0.2, -0.15) is 0 Å². The van der Waals surface area contributed by atoms with Gasteiger partial charge in [0.1, 0.15) is 11.1 Å². The third-order valence-corrected chi connectivity index (χ3v) is 6.25. The number of hydrogen-bond acceptors (Lipinski definition) is 6. The number of esters is 1. The average Bonchev–Trinajstić information content (AvgIpc) is 2.88. The summed E-state index contributed by atoms with van der Waals surface area (Å²) in [5.74, 6) is -1.29. The molecule has 192 valence electrons. The summed E-state index contributed by atoms with van der Waals surface area (Å²) in [5, 5.41) is 19.7. The summed E-state index contributed by atoms with van der Waals surface area (Å²) in [4.78, 5) is 25.9. The molecule has 0 aliphatic carbocycles. The molecule has 1 aromatic heterocycles. The Hall–Kier alpha value is -3.84. The monoisotopic (exact) mass is 499 g/mol. The Bertz CT molecular complexity index is 1390. The second-order valence-electron chi connectivity index (χ2n) is 10.2. The number of carbonyl (C=O) groups is 1. The summed E-state index contributed by atoms with van der Waals surface area (Å²) in [5.41, 5.74) is 2.89. The minimum Gasteiger partial charge on any atom is -0.460 e. The number of aromatic nitrogens is 3. The van der Waals surface area contributed by atoms with Crippen molar-refractivity contribution in [3.8, 4) is 11.1 Å². The van der Waals surface area contributed by atoms with Gasteiger partial charge < -0.3 is 9.84 Å². The number of carbonyl (C=O) groups excluding carboxylic acids is 1. The number of aliphatic hydroxyl groups is 1. The molecule has 0 bridgehead atoms. The Balaban J connectivity index is 1.45. The van der Waals surface area contributed by atoms with Crippen LogP contribution in [0.15, 0.2) is 83.7 Å². The maximum absolute atomic E-state index is 13.0. The molecule has 0 aliphatic rings. The van der Waals surface area contributed by atoms with Crippen molar-refractivity contribution in [1.29, 1.82) is 0 Å². The largest absolute Gasteiger partial charge is 0.460 e. The van der Waals surface area contributed by atoms with Gasteiger partial charge >= 0.3 is 5.97 Å². The van der Waals surface area contributed by atoms with Gasteiger partial charge in [-0.25, -0.2) is 4.68 Å². The zero-order chi connectivity index (χ0) is 26.4. The van der Waals surface area contributed by atoms with E-state index < -0.39 is 23.6 Å². The third-order valence-electron chi connectivity index (χ3n) is 6.25. The molecule has 37 heavy (non-hydrogen) atoms. The van der Waals surface area contributed by atoms with Crippen LogP contribution in [0.5, 0.6) is 0 Å². The summed E-state index contributed by atoms with van der Waals surface area (Å²) in [6.07, 6.45) is 0.251. The first-order chi connectivity index (χ1) is 17.7. The van der Waals surface area contributed by atoms with E-state index in [9.17, 15) is 14.7 Å². The highest BCUT2D eigenvalue weighted by atomic mass is 16.6. The quantitative estimate of drug-likeness (QED) is 0.333. The van der Waals surface area contributed by atoms with Crippen LogP contribution < -0.4 is 5.56 Å². The van der Waals surface area contributed by atoms with E-state index in [-0.39, 0.29) is 18.5 Å². The molecular formula is C30H33N3O4. The predicted octanol–water partition coefficient (Wildman–Crippen LogP) is 4.80. The number of nitrogens with zero attached hydrogens (tertiary/aromatic N) is 3. The van der Waals surface area contributed by atoms with Crippen molar-refractivity contribution in [2.45, 2.75) is 58.3 Å². The van der Waals surface area contributed by atoms with Crippen molar-refractivity contribution < 1.29 is 14.6 Å². The van der Waals surface area contributed by atoms with Crippen molar-refractivity contribution >= 4 is 16.9 Å². The molecule has 0 radical (unpaired) electrons. The summed E-state index contributed by atoms with van der Waals surface area (Å²) in [6.45, 7) is 5.52. The molecule has 0 aliphatic heterocycles. The second kappa shape index (κ2) is 11.5. The van der Waals surface area contributed by atoms with Crippen LogP contribution in [0.4, 0.5) is 0 Å².